The Balaban J connectivity index is 1.58. The third-order valence-corrected chi connectivity index (χ3v) is 5.94. The van der Waals surface area contributed by atoms with Gasteiger partial charge in [-0.15, -0.1) is 0 Å². The van der Waals surface area contributed by atoms with Crippen molar-refractivity contribution in [2.45, 2.75) is 26.3 Å². The molecule has 2 atom stereocenters. The van der Waals surface area contributed by atoms with Crippen molar-refractivity contribution in [3.05, 3.63) is 48.5 Å². The maximum absolute atomic E-state index is 13.1. The quantitative estimate of drug-likeness (QED) is 0.735. The Bertz CT molecular complexity index is 788. The van der Waals surface area contributed by atoms with E-state index in [0.717, 1.165) is 39.0 Å². The Morgan fingerprint density at radius 1 is 1.21 bits per heavy atom. The van der Waals surface area contributed by atoms with Crippen LogP contribution < -0.4 is 4.90 Å². The van der Waals surface area contributed by atoms with Crippen molar-refractivity contribution in [1.82, 2.24) is 19.9 Å². The van der Waals surface area contributed by atoms with Crippen LogP contribution in [0.1, 0.15) is 25.3 Å². The molecule has 2 aromatic heterocycles. The molecular weight excluding hydrogens is 354 g/mol. The molecule has 2 aromatic rings. The Morgan fingerprint density at radius 2 is 2.00 bits per heavy atom. The standard InChI is InChI=1S/C21H27N5O2/c1-2-28-19(27)21-7-3-12-25(13-17-5-10-22-11-6-17)14-18(21)15-26(16-21)20-23-8-4-9-24-20/h4-6,8-11,18H,2-3,7,12-16H2,1H3/t18-,21-/m0/s1. The van der Waals surface area contributed by atoms with Gasteiger partial charge in [0.15, 0.2) is 0 Å². The number of pyridine rings is 1. The van der Waals surface area contributed by atoms with Crippen LogP contribution in [0, 0.1) is 11.3 Å². The fourth-order valence-electron chi connectivity index (χ4n) is 4.62. The number of carbonyl (C=O) groups is 1. The maximum Gasteiger partial charge on any atom is 0.314 e. The van der Waals surface area contributed by atoms with Gasteiger partial charge in [0.1, 0.15) is 0 Å². The van der Waals surface area contributed by atoms with Crippen molar-refractivity contribution in [3.63, 3.8) is 0 Å². The summed E-state index contributed by atoms with van der Waals surface area (Å²) in [6.07, 6.45) is 8.99. The van der Waals surface area contributed by atoms with Gasteiger partial charge >= 0.3 is 5.97 Å². The smallest absolute Gasteiger partial charge is 0.314 e. The van der Waals surface area contributed by atoms with Gasteiger partial charge < -0.3 is 9.64 Å². The van der Waals surface area contributed by atoms with E-state index in [9.17, 15) is 4.79 Å². The highest BCUT2D eigenvalue weighted by Gasteiger charge is 2.54. The molecule has 0 bridgehead atoms. The second kappa shape index (κ2) is 8.22. The SMILES string of the molecule is CCOC(=O)[C@]12CCCN(Cc3ccncc3)C[C@H]1CN(c1ncccn1)C2. The molecule has 7 nitrogen and oxygen atoms in total. The summed E-state index contributed by atoms with van der Waals surface area (Å²) in [7, 11) is 0. The molecule has 0 aromatic carbocycles. The van der Waals surface area contributed by atoms with E-state index in [1.807, 2.05) is 25.4 Å². The largest absolute Gasteiger partial charge is 0.466 e. The normalized spacial score (nSPS) is 25.2. The van der Waals surface area contributed by atoms with Gasteiger partial charge in [-0.1, -0.05) is 0 Å². The average Bonchev–Trinajstić information content (AvgIpc) is 3.00. The molecule has 0 amide bonds. The van der Waals surface area contributed by atoms with Crippen molar-refractivity contribution < 1.29 is 9.53 Å². The van der Waals surface area contributed by atoms with Gasteiger partial charge in [0.2, 0.25) is 5.95 Å². The summed E-state index contributed by atoms with van der Waals surface area (Å²) >= 11 is 0. The van der Waals surface area contributed by atoms with Crippen molar-refractivity contribution in [3.8, 4) is 0 Å². The van der Waals surface area contributed by atoms with E-state index in [2.05, 4.69) is 36.9 Å². The highest BCUT2D eigenvalue weighted by Crippen LogP contribution is 2.44. The predicted octanol–water partition coefficient (Wildman–Crippen LogP) is 2.15. The first-order valence-corrected chi connectivity index (χ1v) is 10.0. The lowest BCUT2D eigenvalue weighted by Crippen LogP contribution is -2.42. The van der Waals surface area contributed by atoms with Crippen LogP contribution in [0.15, 0.2) is 43.0 Å². The first kappa shape index (κ1) is 18.8. The van der Waals surface area contributed by atoms with Gasteiger partial charge in [0.05, 0.1) is 12.0 Å². The number of carbonyl (C=O) groups excluding carboxylic acids is 1. The van der Waals surface area contributed by atoms with Crippen LogP contribution in [0.25, 0.3) is 0 Å². The molecule has 4 rings (SSSR count). The highest BCUT2D eigenvalue weighted by molar-refractivity contribution is 5.79. The Hall–Kier alpha value is -2.54. The number of likely N-dealkylation sites (tertiary alicyclic amines) is 1. The zero-order chi connectivity index (χ0) is 19.4. The number of aromatic nitrogens is 3. The first-order valence-electron chi connectivity index (χ1n) is 10.0. The zero-order valence-corrected chi connectivity index (χ0v) is 16.3. The van der Waals surface area contributed by atoms with Gasteiger partial charge in [-0.2, -0.15) is 0 Å². The summed E-state index contributed by atoms with van der Waals surface area (Å²) in [6, 6.07) is 5.93. The summed E-state index contributed by atoms with van der Waals surface area (Å²) < 4.78 is 5.55. The van der Waals surface area contributed by atoms with E-state index < -0.39 is 5.41 Å². The second-order valence-corrected chi connectivity index (χ2v) is 7.70. The molecular formula is C21H27N5O2. The lowest BCUT2D eigenvalue weighted by atomic mass is 9.75. The number of ether oxygens (including phenoxy) is 1. The molecule has 0 aliphatic carbocycles. The number of fused-ring (bicyclic) bond motifs is 1. The average molecular weight is 381 g/mol. The van der Waals surface area contributed by atoms with Crippen LogP contribution in [0.3, 0.4) is 0 Å². The minimum atomic E-state index is -0.484. The molecule has 2 saturated heterocycles. The lowest BCUT2D eigenvalue weighted by Gasteiger charge is -2.31. The molecule has 0 radical (unpaired) electrons. The van der Waals surface area contributed by atoms with Crippen molar-refractivity contribution in [2.24, 2.45) is 11.3 Å². The van der Waals surface area contributed by atoms with E-state index in [1.54, 1.807) is 12.4 Å². The van der Waals surface area contributed by atoms with Crippen molar-refractivity contribution in [2.75, 3.05) is 37.7 Å². The minimum Gasteiger partial charge on any atom is -0.466 e. The monoisotopic (exact) mass is 381 g/mol. The van der Waals surface area contributed by atoms with Crippen LogP contribution in [0.5, 0.6) is 0 Å². The number of rotatable bonds is 5. The summed E-state index contributed by atoms with van der Waals surface area (Å²) in [6.45, 7) is 6.42. The lowest BCUT2D eigenvalue weighted by molar-refractivity contribution is -0.157. The van der Waals surface area contributed by atoms with E-state index >= 15 is 0 Å². The topological polar surface area (TPSA) is 71.5 Å². The highest BCUT2D eigenvalue weighted by atomic mass is 16.5. The molecule has 0 N–H and O–H groups in total. The van der Waals surface area contributed by atoms with E-state index in [-0.39, 0.29) is 11.9 Å². The van der Waals surface area contributed by atoms with Crippen LogP contribution >= 0.6 is 0 Å². The van der Waals surface area contributed by atoms with Crippen LogP contribution in [0.2, 0.25) is 0 Å². The van der Waals surface area contributed by atoms with Crippen molar-refractivity contribution >= 4 is 11.9 Å². The van der Waals surface area contributed by atoms with Gasteiger partial charge in [-0.05, 0) is 50.1 Å². The molecule has 4 heterocycles. The zero-order valence-electron chi connectivity index (χ0n) is 16.3. The van der Waals surface area contributed by atoms with E-state index in [4.69, 9.17) is 4.74 Å². The van der Waals surface area contributed by atoms with Crippen molar-refractivity contribution in [1.29, 1.82) is 0 Å². The summed E-state index contributed by atoms with van der Waals surface area (Å²) in [5.41, 5.74) is 0.766. The number of esters is 1. The number of anilines is 1. The fraction of sp³-hybridized carbons (Fsp3) is 0.524. The molecule has 28 heavy (non-hydrogen) atoms. The van der Waals surface area contributed by atoms with Gasteiger partial charge in [0, 0.05) is 56.9 Å². The third kappa shape index (κ3) is 3.71. The molecule has 2 fully saturated rings. The summed E-state index contributed by atoms with van der Waals surface area (Å²) in [5, 5.41) is 0. The van der Waals surface area contributed by atoms with Gasteiger partial charge in [-0.25, -0.2) is 9.97 Å². The Kier molecular flexibility index (Phi) is 5.52. The molecule has 0 unspecified atom stereocenters. The molecule has 0 spiro atoms. The minimum absolute atomic E-state index is 0.0656. The first-order chi connectivity index (χ1) is 13.7. The summed E-state index contributed by atoms with van der Waals surface area (Å²) in [4.78, 5) is 30.6. The number of hydrogen-bond donors (Lipinski definition) is 0. The molecule has 148 valence electrons. The number of nitrogens with zero attached hydrogens (tertiary/aromatic N) is 5. The van der Waals surface area contributed by atoms with Gasteiger partial charge in [-0.3, -0.25) is 14.7 Å². The Morgan fingerprint density at radius 3 is 2.75 bits per heavy atom. The molecule has 7 heteroatoms. The summed E-state index contributed by atoms with van der Waals surface area (Å²) in [5.74, 6) is 0.823. The van der Waals surface area contributed by atoms with Gasteiger partial charge in [0.25, 0.3) is 0 Å². The van der Waals surface area contributed by atoms with Crippen LogP contribution in [-0.4, -0.2) is 58.6 Å². The van der Waals surface area contributed by atoms with Crippen LogP contribution in [-0.2, 0) is 16.1 Å². The maximum atomic E-state index is 13.1. The third-order valence-electron chi connectivity index (χ3n) is 5.94. The molecule has 0 saturated carbocycles. The Labute approximate surface area is 165 Å². The molecule has 2 aliphatic heterocycles. The second-order valence-electron chi connectivity index (χ2n) is 7.70. The van der Waals surface area contributed by atoms with E-state index in [0.29, 0.717) is 19.1 Å². The molecule has 2 aliphatic rings. The predicted molar refractivity (Wildman–Crippen MR) is 106 cm³/mol. The number of hydrogen-bond acceptors (Lipinski definition) is 7. The van der Waals surface area contributed by atoms with Crippen LogP contribution in [0.4, 0.5) is 5.95 Å². The fourth-order valence-corrected chi connectivity index (χ4v) is 4.62. The van der Waals surface area contributed by atoms with E-state index in [1.165, 1.54) is 5.56 Å².